The number of hydrogen-bond donors (Lipinski definition) is 1. The summed E-state index contributed by atoms with van der Waals surface area (Å²) in [5.74, 6) is 1.97. The van der Waals surface area contributed by atoms with Crippen molar-refractivity contribution in [3.05, 3.63) is 35.8 Å². The maximum absolute atomic E-state index is 5.47. The molecule has 1 aromatic rings. The van der Waals surface area contributed by atoms with Crippen LogP contribution < -0.4 is 5.32 Å². The van der Waals surface area contributed by atoms with E-state index in [9.17, 15) is 0 Å². The first-order valence-electron chi connectivity index (χ1n) is 4.54. The summed E-state index contributed by atoms with van der Waals surface area (Å²) in [5, 5.41) is 3.24. The van der Waals surface area contributed by atoms with Crippen molar-refractivity contribution in [2.75, 3.05) is 7.05 Å². The Hall–Kier alpha value is -1.02. The van der Waals surface area contributed by atoms with Crippen molar-refractivity contribution in [2.45, 2.75) is 26.3 Å². The highest BCUT2D eigenvalue weighted by molar-refractivity contribution is 5.24. The first-order chi connectivity index (χ1) is 6.19. The van der Waals surface area contributed by atoms with Gasteiger partial charge in [-0.3, -0.25) is 0 Å². The van der Waals surface area contributed by atoms with Crippen molar-refractivity contribution in [3.8, 4) is 0 Å². The zero-order valence-corrected chi connectivity index (χ0v) is 8.55. The summed E-state index contributed by atoms with van der Waals surface area (Å²) in [4.78, 5) is 0. The zero-order chi connectivity index (χ0) is 9.84. The Morgan fingerprint density at radius 2 is 2.31 bits per heavy atom. The number of aryl methyl sites for hydroxylation is 2. The molecular formula is C11H17NO. The molecule has 72 valence electrons. The average Bonchev–Trinajstić information content (AvgIpc) is 2.41. The van der Waals surface area contributed by atoms with Crippen molar-refractivity contribution < 1.29 is 4.42 Å². The fraction of sp³-hybridized carbons (Fsp3) is 0.455. The molecular weight excluding hydrogens is 162 g/mol. The van der Waals surface area contributed by atoms with Crippen LogP contribution in [-0.4, -0.2) is 7.05 Å². The Labute approximate surface area is 79.6 Å². The van der Waals surface area contributed by atoms with Gasteiger partial charge in [-0.25, -0.2) is 0 Å². The van der Waals surface area contributed by atoms with Crippen LogP contribution in [0, 0.1) is 13.8 Å². The number of furan rings is 1. The summed E-state index contributed by atoms with van der Waals surface area (Å²) in [6, 6.07) is 2.41. The lowest BCUT2D eigenvalue weighted by molar-refractivity contribution is 0.491. The topological polar surface area (TPSA) is 25.2 Å². The van der Waals surface area contributed by atoms with Crippen LogP contribution in [0.2, 0.25) is 0 Å². The Kier molecular flexibility index (Phi) is 3.32. The second-order valence-electron chi connectivity index (χ2n) is 3.23. The molecule has 2 nitrogen and oxygen atoms in total. The van der Waals surface area contributed by atoms with E-state index in [-0.39, 0.29) is 0 Å². The van der Waals surface area contributed by atoms with E-state index in [0.717, 1.165) is 17.9 Å². The van der Waals surface area contributed by atoms with Crippen molar-refractivity contribution in [1.82, 2.24) is 5.32 Å². The molecule has 13 heavy (non-hydrogen) atoms. The molecule has 1 unspecified atom stereocenters. The second-order valence-corrected chi connectivity index (χ2v) is 3.23. The highest BCUT2D eigenvalue weighted by atomic mass is 16.3. The summed E-state index contributed by atoms with van der Waals surface area (Å²) in [7, 11) is 1.95. The molecule has 2 heteroatoms. The smallest absolute Gasteiger partial charge is 0.105 e. The van der Waals surface area contributed by atoms with Crippen LogP contribution in [0.25, 0.3) is 0 Å². The standard InChI is InChI=1S/C11H17NO/c1-5-6-11(12-4)10-7-8(2)13-9(10)3/h5,7,11-12H,1,6H2,2-4H3. The number of hydrogen-bond acceptors (Lipinski definition) is 2. The predicted molar refractivity (Wildman–Crippen MR) is 54.8 cm³/mol. The average molecular weight is 179 g/mol. The minimum Gasteiger partial charge on any atom is -0.466 e. The van der Waals surface area contributed by atoms with Crippen LogP contribution in [0.15, 0.2) is 23.1 Å². The predicted octanol–water partition coefficient (Wildman–Crippen LogP) is 2.73. The molecule has 0 fully saturated rings. The Morgan fingerprint density at radius 1 is 1.62 bits per heavy atom. The summed E-state index contributed by atoms with van der Waals surface area (Å²) >= 11 is 0. The van der Waals surface area contributed by atoms with Gasteiger partial charge in [-0.05, 0) is 33.4 Å². The fourth-order valence-electron chi connectivity index (χ4n) is 1.56. The lowest BCUT2D eigenvalue weighted by Gasteiger charge is -2.12. The van der Waals surface area contributed by atoms with Crippen molar-refractivity contribution >= 4 is 0 Å². The molecule has 0 amide bonds. The third kappa shape index (κ3) is 2.22. The van der Waals surface area contributed by atoms with Crippen molar-refractivity contribution in [1.29, 1.82) is 0 Å². The molecule has 0 saturated heterocycles. The minimum absolute atomic E-state index is 0.329. The van der Waals surface area contributed by atoms with Crippen LogP contribution in [0.5, 0.6) is 0 Å². The normalized spacial score (nSPS) is 12.8. The SMILES string of the molecule is C=CCC(NC)c1cc(C)oc1C. The molecule has 0 aliphatic rings. The largest absolute Gasteiger partial charge is 0.466 e. The first kappa shape index (κ1) is 10.1. The minimum atomic E-state index is 0.329. The molecule has 0 saturated carbocycles. The molecule has 0 spiro atoms. The van der Waals surface area contributed by atoms with E-state index < -0.39 is 0 Å². The molecule has 1 heterocycles. The maximum Gasteiger partial charge on any atom is 0.105 e. The maximum atomic E-state index is 5.47. The van der Waals surface area contributed by atoms with E-state index in [2.05, 4.69) is 18.0 Å². The van der Waals surface area contributed by atoms with E-state index >= 15 is 0 Å². The van der Waals surface area contributed by atoms with Gasteiger partial charge in [0, 0.05) is 11.6 Å². The van der Waals surface area contributed by atoms with E-state index in [1.807, 2.05) is 27.0 Å². The van der Waals surface area contributed by atoms with Crippen molar-refractivity contribution in [3.63, 3.8) is 0 Å². The van der Waals surface area contributed by atoms with E-state index in [1.165, 1.54) is 5.56 Å². The number of nitrogens with one attached hydrogen (secondary N) is 1. The van der Waals surface area contributed by atoms with Crippen LogP contribution in [0.3, 0.4) is 0 Å². The Morgan fingerprint density at radius 3 is 2.69 bits per heavy atom. The van der Waals surface area contributed by atoms with Crippen LogP contribution in [-0.2, 0) is 0 Å². The van der Waals surface area contributed by atoms with Crippen LogP contribution in [0.1, 0.15) is 29.5 Å². The summed E-state index contributed by atoms with van der Waals surface area (Å²) in [5.41, 5.74) is 1.24. The van der Waals surface area contributed by atoms with Gasteiger partial charge in [0.1, 0.15) is 11.5 Å². The highest BCUT2D eigenvalue weighted by Crippen LogP contribution is 2.23. The van der Waals surface area contributed by atoms with Gasteiger partial charge in [-0.15, -0.1) is 6.58 Å². The van der Waals surface area contributed by atoms with Gasteiger partial charge in [-0.2, -0.15) is 0 Å². The molecule has 1 rings (SSSR count). The van der Waals surface area contributed by atoms with E-state index in [1.54, 1.807) is 0 Å². The fourth-order valence-corrected chi connectivity index (χ4v) is 1.56. The van der Waals surface area contributed by atoms with Crippen molar-refractivity contribution in [2.24, 2.45) is 0 Å². The zero-order valence-electron chi connectivity index (χ0n) is 8.55. The van der Waals surface area contributed by atoms with E-state index in [4.69, 9.17) is 4.42 Å². The molecule has 0 bridgehead atoms. The van der Waals surface area contributed by atoms with Gasteiger partial charge in [0.15, 0.2) is 0 Å². The van der Waals surface area contributed by atoms with E-state index in [0.29, 0.717) is 6.04 Å². The van der Waals surface area contributed by atoms with Gasteiger partial charge < -0.3 is 9.73 Å². The van der Waals surface area contributed by atoms with Gasteiger partial charge >= 0.3 is 0 Å². The molecule has 0 radical (unpaired) electrons. The highest BCUT2D eigenvalue weighted by Gasteiger charge is 2.13. The summed E-state index contributed by atoms with van der Waals surface area (Å²) in [6.45, 7) is 7.70. The number of rotatable bonds is 4. The van der Waals surface area contributed by atoms with Gasteiger partial charge in [-0.1, -0.05) is 6.08 Å². The molecule has 0 aliphatic heterocycles. The lowest BCUT2D eigenvalue weighted by Crippen LogP contribution is -2.15. The Balaban J connectivity index is 2.89. The molecule has 1 atom stereocenters. The monoisotopic (exact) mass is 179 g/mol. The summed E-state index contributed by atoms with van der Waals surface area (Å²) < 4.78 is 5.47. The quantitative estimate of drug-likeness (QED) is 0.719. The Bertz CT molecular complexity index is 288. The van der Waals surface area contributed by atoms with Gasteiger partial charge in [0.25, 0.3) is 0 Å². The van der Waals surface area contributed by atoms with Crippen LogP contribution >= 0.6 is 0 Å². The van der Waals surface area contributed by atoms with Gasteiger partial charge in [0.2, 0.25) is 0 Å². The van der Waals surface area contributed by atoms with Crippen LogP contribution in [0.4, 0.5) is 0 Å². The second kappa shape index (κ2) is 4.28. The lowest BCUT2D eigenvalue weighted by atomic mass is 10.0. The molecule has 0 aromatic carbocycles. The van der Waals surface area contributed by atoms with Gasteiger partial charge in [0.05, 0.1) is 0 Å². The summed E-state index contributed by atoms with van der Waals surface area (Å²) in [6.07, 6.45) is 2.85. The third-order valence-electron chi connectivity index (χ3n) is 2.21. The third-order valence-corrected chi connectivity index (χ3v) is 2.21. The molecule has 0 aliphatic carbocycles. The molecule has 1 aromatic heterocycles. The first-order valence-corrected chi connectivity index (χ1v) is 4.54. The molecule has 1 N–H and O–H groups in total.